The van der Waals surface area contributed by atoms with Gasteiger partial charge in [-0.1, -0.05) is 116 Å². The average Bonchev–Trinajstić information content (AvgIpc) is 3.91. The second-order valence-corrected chi connectivity index (χ2v) is 15.0. The molecule has 0 aliphatic rings. The van der Waals surface area contributed by atoms with Gasteiger partial charge < -0.3 is 13.7 Å². The fraction of sp³-hybridized carbons (Fsp3) is 0.0182. The minimum atomic E-state index is 1.09. The summed E-state index contributed by atoms with van der Waals surface area (Å²) >= 11 is 0. The minimum Gasteiger partial charge on any atom is -0.309 e. The highest BCUT2D eigenvalue weighted by Crippen LogP contribution is 2.41. The Bertz CT molecular complexity index is 3460. The Morgan fingerprint density at radius 3 is 1.24 bits per heavy atom. The summed E-state index contributed by atoms with van der Waals surface area (Å²) in [5.41, 5.74) is 15.3. The summed E-state index contributed by atoms with van der Waals surface area (Å²) in [6, 6.07) is 66.6. The van der Waals surface area contributed by atoms with E-state index in [4.69, 9.17) is 0 Å². The maximum atomic E-state index is 4.00. The number of rotatable bonds is 7. The lowest BCUT2D eigenvalue weighted by Crippen LogP contribution is -1.94. The van der Waals surface area contributed by atoms with Gasteiger partial charge in [-0.05, 0) is 126 Å². The lowest BCUT2D eigenvalue weighted by molar-refractivity contribution is 1.18. The van der Waals surface area contributed by atoms with E-state index in [9.17, 15) is 0 Å². The zero-order valence-electron chi connectivity index (χ0n) is 32.2. The third-order valence-corrected chi connectivity index (χ3v) is 11.7. The Kier molecular flexibility index (Phi) is 7.87. The van der Waals surface area contributed by atoms with Crippen molar-refractivity contribution in [3.63, 3.8) is 0 Å². The smallest absolute Gasteiger partial charge is 0.0541 e. The van der Waals surface area contributed by atoms with Crippen LogP contribution in [-0.4, -0.2) is 13.7 Å². The van der Waals surface area contributed by atoms with Crippen molar-refractivity contribution in [2.24, 2.45) is 0 Å². The SMILES string of the molecule is C=C/C=C(\C=C/C)n1c2ccccc2c2cc(-c3ccc4c(c3)c3cc(-c5ccc6c(c5)c5ccccc5n6-c5ccccc5)ccc3n4-c3ccccc3)ccc21. The first kappa shape index (κ1) is 33.7. The molecule has 8 aromatic carbocycles. The van der Waals surface area contributed by atoms with Crippen LogP contribution in [0.15, 0.2) is 213 Å². The highest BCUT2D eigenvalue weighted by Gasteiger charge is 2.18. The van der Waals surface area contributed by atoms with Crippen molar-refractivity contribution in [1.29, 1.82) is 0 Å². The van der Waals surface area contributed by atoms with Gasteiger partial charge in [0.25, 0.3) is 0 Å². The Labute approximate surface area is 336 Å². The first-order valence-corrected chi connectivity index (χ1v) is 19.9. The molecule has 274 valence electrons. The lowest BCUT2D eigenvalue weighted by Gasteiger charge is -2.10. The van der Waals surface area contributed by atoms with Crippen molar-refractivity contribution in [3.05, 3.63) is 213 Å². The van der Waals surface area contributed by atoms with Crippen molar-refractivity contribution >= 4 is 71.1 Å². The van der Waals surface area contributed by atoms with Gasteiger partial charge in [-0.25, -0.2) is 0 Å². The van der Waals surface area contributed by atoms with Crippen molar-refractivity contribution in [3.8, 4) is 33.6 Å². The predicted molar refractivity (Wildman–Crippen MR) is 248 cm³/mol. The first-order chi connectivity index (χ1) is 28.7. The van der Waals surface area contributed by atoms with E-state index >= 15 is 0 Å². The van der Waals surface area contributed by atoms with Crippen LogP contribution in [0.5, 0.6) is 0 Å². The molecule has 0 N–H and O–H groups in total. The molecule has 3 aromatic heterocycles. The van der Waals surface area contributed by atoms with Crippen molar-refractivity contribution < 1.29 is 0 Å². The summed E-state index contributed by atoms with van der Waals surface area (Å²) in [5.74, 6) is 0. The van der Waals surface area contributed by atoms with Crippen LogP contribution in [0.3, 0.4) is 0 Å². The molecule has 58 heavy (non-hydrogen) atoms. The monoisotopic (exact) mass is 741 g/mol. The van der Waals surface area contributed by atoms with Gasteiger partial charge in [0.1, 0.15) is 0 Å². The number of nitrogens with zero attached hydrogens (tertiary/aromatic N) is 3. The van der Waals surface area contributed by atoms with E-state index in [2.05, 4.69) is 227 Å². The third-order valence-electron chi connectivity index (χ3n) is 11.7. The maximum Gasteiger partial charge on any atom is 0.0541 e. The molecular formula is C55H39N3. The van der Waals surface area contributed by atoms with Gasteiger partial charge in [-0.2, -0.15) is 0 Å². The molecule has 0 aliphatic heterocycles. The van der Waals surface area contributed by atoms with E-state index in [-0.39, 0.29) is 0 Å². The Morgan fingerprint density at radius 1 is 0.397 bits per heavy atom. The molecule has 0 aliphatic carbocycles. The average molecular weight is 742 g/mol. The van der Waals surface area contributed by atoms with E-state index < -0.39 is 0 Å². The number of para-hydroxylation sites is 4. The first-order valence-electron chi connectivity index (χ1n) is 19.9. The zero-order valence-corrected chi connectivity index (χ0v) is 32.2. The highest BCUT2D eigenvalue weighted by molar-refractivity contribution is 6.15. The Morgan fingerprint density at radius 2 is 0.759 bits per heavy atom. The lowest BCUT2D eigenvalue weighted by atomic mass is 9.98. The number of benzene rings is 8. The second kappa shape index (κ2) is 13.5. The fourth-order valence-electron chi connectivity index (χ4n) is 9.17. The number of aromatic nitrogens is 3. The molecule has 0 spiro atoms. The van der Waals surface area contributed by atoms with Gasteiger partial charge >= 0.3 is 0 Å². The molecule has 3 nitrogen and oxygen atoms in total. The quantitative estimate of drug-likeness (QED) is 0.145. The minimum absolute atomic E-state index is 1.09. The molecule has 0 unspecified atom stereocenters. The molecule has 0 radical (unpaired) electrons. The number of hydrogen-bond acceptors (Lipinski definition) is 0. The Balaban J connectivity index is 1.10. The molecular weight excluding hydrogens is 703 g/mol. The van der Waals surface area contributed by atoms with E-state index in [0.29, 0.717) is 0 Å². The van der Waals surface area contributed by atoms with Crippen LogP contribution in [0.2, 0.25) is 0 Å². The van der Waals surface area contributed by atoms with Gasteiger partial charge in [-0.15, -0.1) is 0 Å². The standard InChI is InChI=1S/C55H39N3/c1-3-15-41(16-4-2)56-50-23-13-11-21-44(50)46-33-37(25-29-52(46)56)39-27-31-54-48(35-39)49-36-40(28-32-55(49)58(54)43-19-9-6-10-20-43)38-26-30-53-47(34-38)45-22-12-14-24-51(45)57(53)42-17-7-5-8-18-42/h3-36H,1H2,2H3/b16-4-,41-15+. The molecule has 0 amide bonds. The summed E-state index contributed by atoms with van der Waals surface area (Å²) < 4.78 is 7.12. The highest BCUT2D eigenvalue weighted by atomic mass is 15.0. The molecule has 0 saturated carbocycles. The van der Waals surface area contributed by atoms with Crippen LogP contribution >= 0.6 is 0 Å². The molecule has 11 aromatic rings. The van der Waals surface area contributed by atoms with E-state index in [1.165, 1.54) is 93.4 Å². The topological polar surface area (TPSA) is 14.8 Å². The molecule has 11 rings (SSSR count). The number of fused-ring (bicyclic) bond motifs is 9. The van der Waals surface area contributed by atoms with E-state index in [0.717, 1.165) is 11.4 Å². The second-order valence-electron chi connectivity index (χ2n) is 15.0. The summed E-state index contributed by atoms with van der Waals surface area (Å²) in [6.07, 6.45) is 8.16. The van der Waals surface area contributed by atoms with Crippen LogP contribution in [-0.2, 0) is 0 Å². The zero-order chi connectivity index (χ0) is 38.7. The van der Waals surface area contributed by atoms with Crippen LogP contribution in [0.25, 0.3) is 105 Å². The Hall–Kier alpha value is -7.62. The summed E-state index contributed by atoms with van der Waals surface area (Å²) in [5, 5.41) is 7.42. The normalized spacial score (nSPS) is 12.3. The number of allylic oxidation sites excluding steroid dienone is 5. The van der Waals surface area contributed by atoms with Gasteiger partial charge in [0.2, 0.25) is 0 Å². The molecule has 3 heteroatoms. The van der Waals surface area contributed by atoms with Crippen molar-refractivity contribution in [2.75, 3.05) is 0 Å². The van der Waals surface area contributed by atoms with Crippen LogP contribution in [0.1, 0.15) is 6.92 Å². The summed E-state index contributed by atoms with van der Waals surface area (Å²) in [4.78, 5) is 0. The molecule has 3 heterocycles. The fourth-order valence-corrected chi connectivity index (χ4v) is 9.17. The molecule has 0 atom stereocenters. The van der Waals surface area contributed by atoms with Gasteiger partial charge in [0.15, 0.2) is 0 Å². The summed E-state index contributed by atoms with van der Waals surface area (Å²) in [6.45, 7) is 6.06. The predicted octanol–water partition coefficient (Wildman–Crippen LogP) is 14.9. The largest absolute Gasteiger partial charge is 0.309 e. The van der Waals surface area contributed by atoms with E-state index in [1.807, 2.05) is 6.08 Å². The van der Waals surface area contributed by atoms with Crippen LogP contribution < -0.4 is 0 Å². The van der Waals surface area contributed by atoms with Crippen LogP contribution in [0.4, 0.5) is 0 Å². The third kappa shape index (κ3) is 5.21. The van der Waals surface area contributed by atoms with Gasteiger partial charge in [-0.3, -0.25) is 0 Å². The molecule has 0 saturated heterocycles. The van der Waals surface area contributed by atoms with Crippen LogP contribution in [0, 0.1) is 0 Å². The van der Waals surface area contributed by atoms with Gasteiger partial charge in [0, 0.05) is 49.4 Å². The molecule has 0 bridgehead atoms. The molecule has 0 fully saturated rings. The van der Waals surface area contributed by atoms with Crippen molar-refractivity contribution in [1.82, 2.24) is 13.7 Å². The van der Waals surface area contributed by atoms with Gasteiger partial charge in [0.05, 0.1) is 33.1 Å². The number of hydrogen-bond donors (Lipinski definition) is 0. The van der Waals surface area contributed by atoms with Crippen molar-refractivity contribution in [2.45, 2.75) is 6.92 Å². The summed E-state index contributed by atoms with van der Waals surface area (Å²) in [7, 11) is 0. The van der Waals surface area contributed by atoms with E-state index in [1.54, 1.807) is 0 Å². The maximum absolute atomic E-state index is 4.00.